The molecule has 7 heteroatoms. The van der Waals surface area contributed by atoms with Gasteiger partial charge in [0.1, 0.15) is 17.1 Å². The Morgan fingerprint density at radius 2 is 1.66 bits per heavy atom. The van der Waals surface area contributed by atoms with E-state index in [2.05, 4.69) is 5.16 Å². The van der Waals surface area contributed by atoms with Crippen molar-refractivity contribution in [3.05, 3.63) is 96.1 Å². The Kier molecular flexibility index (Phi) is 5.99. The molecule has 5 rings (SSSR count). The van der Waals surface area contributed by atoms with Crippen LogP contribution in [-0.4, -0.2) is 40.4 Å². The molecule has 0 bridgehead atoms. The van der Waals surface area contributed by atoms with E-state index in [4.69, 9.17) is 14.3 Å². The van der Waals surface area contributed by atoms with Gasteiger partial charge in [-0.05, 0) is 50.1 Å². The van der Waals surface area contributed by atoms with Gasteiger partial charge in [-0.1, -0.05) is 65.8 Å². The van der Waals surface area contributed by atoms with Crippen LogP contribution in [0.5, 0.6) is 11.5 Å². The number of ether oxygens (including phenoxy) is 2. The van der Waals surface area contributed by atoms with Crippen LogP contribution in [0.2, 0.25) is 0 Å². The SMILES string of the molecule is CC1(C)OC(=O)N(C(=O)[C@@H]2CC(c3ccccc3Oc3ccccc3)=NO2)[C@H]1Cc1ccccc1. The van der Waals surface area contributed by atoms with Gasteiger partial charge in [0.25, 0.3) is 5.91 Å². The lowest BCUT2D eigenvalue weighted by Gasteiger charge is -2.28. The molecule has 2 aliphatic heterocycles. The third-order valence-electron chi connectivity index (χ3n) is 6.28. The zero-order valence-electron chi connectivity index (χ0n) is 19.6. The molecule has 2 amide bonds. The number of nitrogens with zero attached hydrogens (tertiary/aromatic N) is 2. The molecule has 0 spiro atoms. The normalized spacial score (nSPS) is 20.7. The summed E-state index contributed by atoms with van der Waals surface area (Å²) < 4.78 is 11.6. The molecule has 0 unspecified atom stereocenters. The van der Waals surface area contributed by atoms with Crippen molar-refractivity contribution in [2.24, 2.45) is 5.16 Å². The molecule has 0 radical (unpaired) electrons. The number of cyclic esters (lactones) is 1. The maximum absolute atomic E-state index is 13.5. The summed E-state index contributed by atoms with van der Waals surface area (Å²) in [6, 6.07) is 26.2. The number of benzene rings is 3. The van der Waals surface area contributed by atoms with Gasteiger partial charge in [0.2, 0.25) is 6.10 Å². The predicted molar refractivity (Wildman–Crippen MR) is 130 cm³/mol. The minimum absolute atomic E-state index is 0.219. The maximum atomic E-state index is 13.5. The van der Waals surface area contributed by atoms with Crippen LogP contribution in [-0.2, 0) is 20.8 Å². The fourth-order valence-electron chi connectivity index (χ4n) is 4.43. The Balaban J connectivity index is 1.34. The van der Waals surface area contributed by atoms with E-state index < -0.39 is 29.7 Å². The highest BCUT2D eigenvalue weighted by molar-refractivity contribution is 6.07. The van der Waals surface area contributed by atoms with Crippen molar-refractivity contribution >= 4 is 17.7 Å². The van der Waals surface area contributed by atoms with E-state index in [0.717, 1.165) is 11.1 Å². The maximum Gasteiger partial charge on any atom is 0.417 e. The van der Waals surface area contributed by atoms with E-state index in [0.29, 0.717) is 23.6 Å². The number of imide groups is 1. The summed E-state index contributed by atoms with van der Waals surface area (Å²) in [5, 5.41) is 4.19. The summed E-state index contributed by atoms with van der Waals surface area (Å²) >= 11 is 0. The van der Waals surface area contributed by atoms with Crippen LogP contribution >= 0.6 is 0 Å². The molecule has 35 heavy (non-hydrogen) atoms. The largest absolute Gasteiger partial charge is 0.457 e. The first-order chi connectivity index (χ1) is 16.9. The fourth-order valence-corrected chi connectivity index (χ4v) is 4.43. The highest BCUT2D eigenvalue weighted by Crippen LogP contribution is 2.35. The molecule has 0 aromatic heterocycles. The van der Waals surface area contributed by atoms with Gasteiger partial charge in [-0.3, -0.25) is 4.79 Å². The molecule has 2 atom stereocenters. The molecule has 0 N–H and O–H groups in total. The van der Waals surface area contributed by atoms with Gasteiger partial charge in [0.15, 0.2) is 0 Å². The molecule has 1 fully saturated rings. The van der Waals surface area contributed by atoms with Crippen LogP contribution in [0.25, 0.3) is 0 Å². The molecule has 2 heterocycles. The average Bonchev–Trinajstić information content (AvgIpc) is 3.43. The summed E-state index contributed by atoms with van der Waals surface area (Å²) in [5.74, 6) is 0.845. The first kappa shape index (κ1) is 22.7. The first-order valence-corrected chi connectivity index (χ1v) is 11.6. The van der Waals surface area contributed by atoms with Gasteiger partial charge >= 0.3 is 6.09 Å². The van der Waals surface area contributed by atoms with Crippen molar-refractivity contribution < 1.29 is 23.9 Å². The van der Waals surface area contributed by atoms with Crippen LogP contribution in [0.15, 0.2) is 90.1 Å². The molecule has 0 aliphatic carbocycles. The van der Waals surface area contributed by atoms with Gasteiger partial charge in [-0.2, -0.15) is 0 Å². The predicted octanol–water partition coefficient (Wildman–Crippen LogP) is 5.34. The van der Waals surface area contributed by atoms with Gasteiger partial charge in [-0.25, -0.2) is 9.69 Å². The number of amides is 2. The van der Waals surface area contributed by atoms with E-state index in [9.17, 15) is 9.59 Å². The Labute approximate surface area is 203 Å². The number of carbonyl (C=O) groups excluding carboxylic acids is 2. The number of para-hydroxylation sites is 2. The minimum Gasteiger partial charge on any atom is -0.457 e. The average molecular weight is 471 g/mol. The Morgan fingerprint density at radius 3 is 2.40 bits per heavy atom. The standard InChI is InChI=1S/C28H26N2O5/c1-28(2)25(17-19-11-5-3-6-12-19)30(27(32)34-28)26(31)24-18-22(29-35-24)21-15-9-10-16-23(21)33-20-13-7-4-8-14-20/h3-16,24-25H,17-18H2,1-2H3/t24-,25-/m0/s1. The van der Waals surface area contributed by atoms with Gasteiger partial charge in [0.05, 0.1) is 11.8 Å². The number of oxime groups is 1. The Hall–Kier alpha value is -4.13. The molecule has 3 aromatic rings. The summed E-state index contributed by atoms with van der Waals surface area (Å²) in [7, 11) is 0. The van der Waals surface area contributed by atoms with Gasteiger partial charge in [-0.15, -0.1) is 0 Å². The zero-order chi connectivity index (χ0) is 24.4. The van der Waals surface area contributed by atoms with Crippen LogP contribution < -0.4 is 4.74 Å². The zero-order valence-corrected chi connectivity index (χ0v) is 19.6. The van der Waals surface area contributed by atoms with Gasteiger partial charge in [0, 0.05) is 12.0 Å². The number of hydrogen-bond acceptors (Lipinski definition) is 6. The lowest BCUT2D eigenvalue weighted by atomic mass is 9.91. The van der Waals surface area contributed by atoms with Crippen molar-refractivity contribution in [1.82, 2.24) is 4.90 Å². The van der Waals surface area contributed by atoms with Crippen molar-refractivity contribution in [3.63, 3.8) is 0 Å². The highest BCUT2D eigenvalue weighted by atomic mass is 16.6. The van der Waals surface area contributed by atoms with Crippen LogP contribution in [0.4, 0.5) is 4.79 Å². The van der Waals surface area contributed by atoms with Crippen molar-refractivity contribution in [2.45, 2.75) is 44.4 Å². The van der Waals surface area contributed by atoms with Crippen LogP contribution in [0, 0.1) is 0 Å². The Bertz CT molecular complexity index is 1260. The van der Waals surface area contributed by atoms with E-state index in [1.807, 2.05) is 98.8 Å². The third-order valence-corrected chi connectivity index (χ3v) is 6.28. The molecule has 3 aromatic carbocycles. The summed E-state index contributed by atoms with van der Waals surface area (Å²) in [6.07, 6.45) is -0.879. The van der Waals surface area contributed by atoms with Crippen molar-refractivity contribution in [1.29, 1.82) is 0 Å². The number of rotatable bonds is 6. The topological polar surface area (TPSA) is 77.4 Å². The number of hydrogen-bond donors (Lipinski definition) is 0. The van der Waals surface area contributed by atoms with Crippen LogP contribution in [0.3, 0.4) is 0 Å². The molecule has 1 saturated heterocycles. The lowest BCUT2D eigenvalue weighted by Crippen LogP contribution is -2.49. The molecule has 0 saturated carbocycles. The first-order valence-electron chi connectivity index (χ1n) is 11.6. The number of carbonyl (C=O) groups is 2. The van der Waals surface area contributed by atoms with E-state index >= 15 is 0 Å². The van der Waals surface area contributed by atoms with Crippen molar-refractivity contribution in [3.8, 4) is 11.5 Å². The minimum atomic E-state index is -0.922. The van der Waals surface area contributed by atoms with E-state index in [-0.39, 0.29) is 6.42 Å². The molecule has 178 valence electrons. The van der Waals surface area contributed by atoms with Gasteiger partial charge < -0.3 is 14.3 Å². The highest BCUT2D eigenvalue weighted by Gasteiger charge is 2.52. The van der Waals surface area contributed by atoms with E-state index in [1.165, 1.54) is 4.90 Å². The second kappa shape index (κ2) is 9.25. The Morgan fingerprint density at radius 1 is 1.00 bits per heavy atom. The van der Waals surface area contributed by atoms with Crippen molar-refractivity contribution in [2.75, 3.05) is 0 Å². The quantitative estimate of drug-likeness (QED) is 0.486. The summed E-state index contributed by atoms with van der Waals surface area (Å²) in [5.41, 5.74) is 1.50. The summed E-state index contributed by atoms with van der Waals surface area (Å²) in [6.45, 7) is 3.64. The monoisotopic (exact) mass is 470 g/mol. The smallest absolute Gasteiger partial charge is 0.417 e. The summed E-state index contributed by atoms with van der Waals surface area (Å²) in [4.78, 5) is 33.0. The third kappa shape index (κ3) is 4.62. The van der Waals surface area contributed by atoms with E-state index in [1.54, 1.807) is 0 Å². The molecular weight excluding hydrogens is 444 g/mol. The fraction of sp³-hybridized carbons (Fsp3) is 0.250. The molecular formula is C28H26N2O5. The second-order valence-electron chi connectivity index (χ2n) is 9.13. The molecule has 7 nitrogen and oxygen atoms in total. The molecule has 2 aliphatic rings. The second-order valence-corrected chi connectivity index (χ2v) is 9.13. The lowest BCUT2D eigenvalue weighted by molar-refractivity contribution is -0.140. The van der Waals surface area contributed by atoms with Crippen LogP contribution in [0.1, 0.15) is 31.4 Å².